The summed E-state index contributed by atoms with van der Waals surface area (Å²) in [5.41, 5.74) is 6.02. The first-order valence-corrected chi connectivity index (χ1v) is 8.49. The zero-order chi connectivity index (χ0) is 15.6. The second kappa shape index (κ2) is 6.14. The highest BCUT2D eigenvalue weighted by atomic mass is 15.2. The van der Waals surface area contributed by atoms with Gasteiger partial charge in [0.25, 0.3) is 0 Å². The van der Waals surface area contributed by atoms with Crippen LogP contribution in [0.1, 0.15) is 11.3 Å². The molecule has 23 heavy (non-hydrogen) atoms. The topological polar surface area (TPSA) is 38.4 Å². The zero-order valence-corrected chi connectivity index (χ0v) is 13.6. The molecule has 4 rings (SSSR count). The van der Waals surface area contributed by atoms with E-state index in [0.717, 1.165) is 17.9 Å². The normalized spacial score (nSPS) is 16.0. The second-order valence-corrected chi connectivity index (χ2v) is 6.49. The van der Waals surface area contributed by atoms with E-state index in [2.05, 4.69) is 65.3 Å². The van der Waals surface area contributed by atoms with Crippen LogP contribution in [-0.2, 0) is 6.54 Å². The molecule has 0 saturated carbocycles. The minimum absolute atomic E-state index is 1.04. The van der Waals surface area contributed by atoms with E-state index in [4.69, 9.17) is 4.98 Å². The van der Waals surface area contributed by atoms with Crippen molar-refractivity contribution in [3.05, 3.63) is 59.9 Å². The molecule has 1 aliphatic rings. The highest BCUT2D eigenvalue weighted by Crippen LogP contribution is 2.24. The van der Waals surface area contributed by atoms with Gasteiger partial charge in [-0.05, 0) is 19.1 Å². The number of hydrogen-bond donors (Lipinski definition) is 2. The highest BCUT2D eigenvalue weighted by Gasteiger charge is 2.21. The van der Waals surface area contributed by atoms with Crippen LogP contribution in [-0.4, -0.2) is 35.6 Å². The third kappa shape index (κ3) is 2.87. The molecule has 4 nitrogen and oxygen atoms in total. The Morgan fingerprint density at radius 2 is 1.87 bits per heavy atom. The number of benzene rings is 1. The van der Waals surface area contributed by atoms with Crippen molar-refractivity contribution in [1.29, 1.82) is 0 Å². The lowest BCUT2D eigenvalue weighted by molar-refractivity contribution is -0.958. The summed E-state index contributed by atoms with van der Waals surface area (Å²) in [6.07, 6.45) is 2.14. The Morgan fingerprint density at radius 1 is 1.09 bits per heavy atom. The van der Waals surface area contributed by atoms with E-state index in [-0.39, 0.29) is 0 Å². The first kappa shape index (κ1) is 14.4. The Bertz CT molecular complexity index is 798. The number of nitrogens with two attached hydrogens (primary N) is 1. The molecule has 0 bridgehead atoms. The van der Waals surface area contributed by atoms with Crippen molar-refractivity contribution in [3.8, 4) is 11.3 Å². The third-order valence-electron chi connectivity index (χ3n) is 4.78. The van der Waals surface area contributed by atoms with Gasteiger partial charge in [0.1, 0.15) is 44.1 Å². The van der Waals surface area contributed by atoms with Gasteiger partial charge in [-0.3, -0.25) is 4.40 Å². The summed E-state index contributed by atoms with van der Waals surface area (Å²) in [7, 11) is 0. The van der Waals surface area contributed by atoms with Gasteiger partial charge in [-0.2, -0.15) is 0 Å². The number of fused-ring (bicyclic) bond motifs is 1. The fourth-order valence-corrected chi connectivity index (χ4v) is 3.45. The summed E-state index contributed by atoms with van der Waals surface area (Å²) in [6.45, 7) is 8.09. The summed E-state index contributed by atoms with van der Waals surface area (Å²) in [6, 6.07) is 15.0. The molecule has 118 valence electrons. The van der Waals surface area contributed by atoms with Crippen LogP contribution in [0.15, 0.2) is 48.7 Å². The van der Waals surface area contributed by atoms with E-state index in [1.165, 1.54) is 43.0 Å². The Balaban J connectivity index is 1.79. The van der Waals surface area contributed by atoms with Crippen LogP contribution in [0.2, 0.25) is 0 Å². The minimum atomic E-state index is 1.04. The Labute approximate surface area is 136 Å². The van der Waals surface area contributed by atoms with Crippen LogP contribution in [0, 0.1) is 6.92 Å². The number of nitrogens with zero attached hydrogens (tertiary/aromatic N) is 2. The van der Waals surface area contributed by atoms with E-state index < -0.39 is 0 Å². The lowest BCUT2D eigenvalue weighted by Gasteiger charge is -2.22. The molecule has 1 aromatic carbocycles. The van der Waals surface area contributed by atoms with Crippen LogP contribution in [0.5, 0.6) is 0 Å². The molecule has 0 atom stereocenters. The Hall–Kier alpha value is -2.17. The van der Waals surface area contributed by atoms with Crippen molar-refractivity contribution >= 4 is 5.65 Å². The number of hydrogen-bond acceptors (Lipinski definition) is 1. The van der Waals surface area contributed by atoms with Crippen LogP contribution < -0.4 is 10.2 Å². The molecular weight excluding hydrogens is 284 g/mol. The third-order valence-corrected chi connectivity index (χ3v) is 4.78. The molecule has 4 heteroatoms. The van der Waals surface area contributed by atoms with E-state index in [0.29, 0.717) is 0 Å². The van der Waals surface area contributed by atoms with Gasteiger partial charge in [0.05, 0.1) is 5.69 Å². The number of piperazine rings is 1. The number of nitrogens with one attached hydrogen (secondary N) is 1. The number of quaternary nitrogens is 2. The fourth-order valence-electron chi connectivity index (χ4n) is 3.45. The van der Waals surface area contributed by atoms with Gasteiger partial charge in [0.2, 0.25) is 0 Å². The van der Waals surface area contributed by atoms with E-state index in [1.54, 1.807) is 4.90 Å². The predicted molar refractivity (Wildman–Crippen MR) is 91.4 cm³/mol. The van der Waals surface area contributed by atoms with Crippen molar-refractivity contribution in [3.63, 3.8) is 0 Å². The van der Waals surface area contributed by atoms with Crippen molar-refractivity contribution in [2.75, 3.05) is 26.2 Å². The van der Waals surface area contributed by atoms with Gasteiger partial charge in [0.15, 0.2) is 0 Å². The standard InChI is InChI=1S/C19H22N4/c1-15-5-7-16(8-6-15)19-17(14-22-12-9-20-10-13-22)23-11-3-2-4-18(23)21-19/h2-8,11,20H,9-10,12-14H2,1H3/p+2. The summed E-state index contributed by atoms with van der Waals surface area (Å²) >= 11 is 0. The van der Waals surface area contributed by atoms with Gasteiger partial charge in [-0.15, -0.1) is 0 Å². The van der Waals surface area contributed by atoms with E-state index in [1.807, 2.05) is 0 Å². The number of rotatable bonds is 3. The maximum absolute atomic E-state index is 4.92. The molecule has 1 fully saturated rings. The van der Waals surface area contributed by atoms with Gasteiger partial charge in [0, 0.05) is 11.8 Å². The smallest absolute Gasteiger partial charge is 0.137 e. The van der Waals surface area contributed by atoms with Gasteiger partial charge >= 0.3 is 0 Å². The lowest BCUT2D eigenvalue weighted by atomic mass is 10.1. The first-order chi connectivity index (χ1) is 11.3. The second-order valence-electron chi connectivity index (χ2n) is 6.49. The Kier molecular flexibility index (Phi) is 3.85. The van der Waals surface area contributed by atoms with Gasteiger partial charge in [-0.25, -0.2) is 4.98 Å². The number of aryl methyl sites for hydroxylation is 1. The predicted octanol–water partition coefficient (Wildman–Crippen LogP) is 0.272. The minimum Gasteiger partial charge on any atom is -0.337 e. The zero-order valence-electron chi connectivity index (χ0n) is 13.6. The van der Waals surface area contributed by atoms with Gasteiger partial charge < -0.3 is 10.2 Å². The molecule has 1 saturated heterocycles. The van der Waals surface area contributed by atoms with Crippen LogP contribution >= 0.6 is 0 Å². The number of pyridine rings is 1. The van der Waals surface area contributed by atoms with E-state index >= 15 is 0 Å². The maximum Gasteiger partial charge on any atom is 0.137 e. The van der Waals surface area contributed by atoms with Crippen LogP contribution in [0.4, 0.5) is 0 Å². The van der Waals surface area contributed by atoms with Crippen LogP contribution in [0.25, 0.3) is 16.9 Å². The van der Waals surface area contributed by atoms with Crippen LogP contribution in [0.3, 0.4) is 0 Å². The van der Waals surface area contributed by atoms with Crippen molar-refractivity contribution in [2.24, 2.45) is 0 Å². The Morgan fingerprint density at radius 3 is 2.65 bits per heavy atom. The molecule has 1 aliphatic heterocycles. The molecule has 3 N–H and O–H groups in total. The van der Waals surface area contributed by atoms with Gasteiger partial charge in [-0.1, -0.05) is 35.9 Å². The highest BCUT2D eigenvalue weighted by molar-refractivity contribution is 5.66. The van der Waals surface area contributed by atoms with Crippen molar-refractivity contribution < 1.29 is 10.2 Å². The molecular formula is C19H24N4+2. The number of imidazole rings is 1. The average molecular weight is 308 g/mol. The molecule has 0 radical (unpaired) electrons. The van der Waals surface area contributed by atoms with E-state index in [9.17, 15) is 0 Å². The maximum atomic E-state index is 4.92. The molecule has 0 aliphatic carbocycles. The molecule has 3 heterocycles. The lowest BCUT2D eigenvalue weighted by Crippen LogP contribution is -3.19. The number of aromatic nitrogens is 2. The first-order valence-electron chi connectivity index (χ1n) is 8.49. The molecule has 0 spiro atoms. The molecule has 0 unspecified atom stereocenters. The average Bonchev–Trinajstić information content (AvgIpc) is 2.95. The largest absolute Gasteiger partial charge is 0.337 e. The summed E-state index contributed by atoms with van der Waals surface area (Å²) in [5.74, 6) is 0. The quantitative estimate of drug-likeness (QED) is 0.716. The van der Waals surface area contributed by atoms with Crippen molar-refractivity contribution in [2.45, 2.75) is 13.5 Å². The molecule has 3 aromatic rings. The SMILES string of the molecule is Cc1ccc(-c2nc3ccccn3c2C[NH+]2CC[NH2+]CC2)cc1. The summed E-state index contributed by atoms with van der Waals surface area (Å²) in [5, 5.41) is 2.42. The fraction of sp³-hybridized carbons (Fsp3) is 0.316. The summed E-state index contributed by atoms with van der Waals surface area (Å²) < 4.78 is 2.26. The monoisotopic (exact) mass is 308 g/mol. The summed E-state index contributed by atoms with van der Waals surface area (Å²) in [4.78, 5) is 6.58. The molecule has 0 amide bonds. The molecule has 2 aromatic heterocycles. The van der Waals surface area contributed by atoms with Crippen molar-refractivity contribution in [1.82, 2.24) is 9.38 Å².